The fraction of sp³-hybridized carbons (Fsp3) is 0.273. The summed E-state index contributed by atoms with van der Waals surface area (Å²) in [7, 11) is 0. The van der Waals surface area contributed by atoms with Crippen molar-refractivity contribution < 1.29 is 13.9 Å². The molecule has 2 heterocycles. The Balaban J connectivity index is 1.54. The summed E-state index contributed by atoms with van der Waals surface area (Å²) in [4.78, 5) is 17.0. The zero-order valence-corrected chi connectivity index (χ0v) is 16.2. The molecule has 0 saturated carbocycles. The van der Waals surface area contributed by atoms with Gasteiger partial charge in [0.15, 0.2) is 10.9 Å². The van der Waals surface area contributed by atoms with Crippen LogP contribution in [0.2, 0.25) is 0 Å². The minimum absolute atomic E-state index is 0.0436. The van der Waals surface area contributed by atoms with Crippen molar-refractivity contribution in [2.24, 2.45) is 0 Å². The SMILES string of the molecule is O=C(CSc1ncc(-c2ccccc2)n1CC1CCCO1)c1ccc(F)cc1. The first kappa shape index (κ1) is 18.9. The van der Waals surface area contributed by atoms with Gasteiger partial charge in [0.05, 0.1) is 30.3 Å². The highest BCUT2D eigenvalue weighted by atomic mass is 32.2. The number of ketones is 1. The molecular weight excluding hydrogens is 375 g/mol. The Morgan fingerprint density at radius 2 is 1.96 bits per heavy atom. The number of nitrogens with zero attached hydrogens (tertiary/aromatic N) is 2. The number of imidazole rings is 1. The molecule has 6 heteroatoms. The van der Waals surface area contributed by atoms with Gasteiger partial charge in [-0.25, -0.2) is 9.37 Å². The Hall–Kier alpha value is -2.44. The number of hydrogen-bond donors (Lipinski definition) is 0. The van der Waals surface area contributed by atoms with Crippen molar-refractivity contribution in [3.05, 3.63) is 72.2 Å². The molecule has 0 amide bonds. The third-order valence-corrected chi connectivity index (χ3v) is 5.79. The normalized spacial score (nSPS) is 16.4. The fourth-order valence-corrected chi connectivity index (χ4v) is 4.21. The quantitative estimate of drug-likeness (QED) is 0.423. The number of Topliss-reactive ketones (excluding diaryl/α,β-unsaturated/α-hetero) is 1. The average Bonchev–Trinajstić information content (AvgIpc) is 3.38. The molecule has 3 aromatic rings. The van der Waals surface area contributed by atoms with Crippen molar-refractivity contribution in [3.8, 4) is 11.3 Å². The number of benzene rings is 2. The van der Waals surface area contributed by atoms with E-state index in [4.69, 9.17) is 4.74 Å². The van der Waals surface area contributed by atoms with Gasteiger partial charge in [0.2, 0.25) is 0 Å². The van der Waals surface area contributed by atoms with Crippen LogP contribution in [0.15, 0.2) is 66.0 Å². The van der Waals surface area contributed by atoms with Crippen LogP contribution in [0.5, 0.6) is 0 Å². The minimum Gasteiger partial charge on any atom is -0.376 e. The fourth-order valence-electron chi connectivity index (χ4n) is 3.33. The smallest absolute Gasteiger partial charge is 0.173 e. The summed E-state index contributed by atoms with van der Waals surface area (Å²) in [6.07, 6.45) is 4.13. The topological polar surface area (TPSA) is 44.1 Å². The van der Waals surface area contributed by atoms with Gasteiger partial charge in [-0.05, 0) is 42.7 Å². The number of ether oxygens (including phenoxy) is 1. The molecule has 0 N–H and O–H groups in total. The summed E-state index contributed by atoms with van der Waals surface area (Å²) in [5.74, 6) is -0.135. The zero-order valence-electron chi connectivity index (χ0n) is 15.4. The van der Waals surface area contributed by atoms with E-state index in [9.17, 15) is 9.18 Å². The van der Waals surface area contributed by atoms with Crippen LogP contribution in [-0.2, 0) is 11.3 Å². The van der Waals surface area contributed by atoms with Gasteiger partial charge in [0.25, 0.3) is 0 Å². The standard InChI is InChI=1S/C22H21FN2O2S/c23-18-10-8-17(9-11-18)21(26)15-28-22-24-13-20(16-5-2-1-3-6-16)25(22)14-19-7-4-12-27-19/h1-3,5-6,8-11,13,19H,4,7,12,14-15H2. The molecule has 0 aliphatic carbocycles. The maximum atomic E-state index is 13.1. The van der Waals surface area contributed by atoms with Gasteiger partial charge in [0.1, 0.15) is 5.82 Å². The Bertz CT molecular complexity index is 935. The number of hydrogen-bond acceptors (Lipinski definition) is 4. The van der Waals surface area contributed by atoms with E-state index in [2.05, 4.69) is 21.7 Å². The molecule has 0 radical (unpaired) electrons. The van der Waals surface area contributed by atoms with Gasteiger partial charge < -0.3 is 9.30 Å². The van der Waals surface area contributed by atoms with Crippen molar-refractivity contribution in [2.45, 2.75) is 30.6 Å². The largest absolute Gasteiger partial charge is 0.376 e. The highest BCUT2D eigenvalue weighted by Gasteiger charge is 2.21. The van der Waals surface area contributed by atoms with Gasteiger partial charge in [-0.3, -0.25) is 4.79 Å². The molecule has 1 aliphatic rings. The third kappa shape index (κ3) is 4.34. The van der Waals surface area contributed by atoms with E-state index < -0.39 is 0 Å². The third-order valence-electron chi connectivity index (χ3n) is 4.80. The van der Waals surface area contributed by atoms with E-state index in [0.29, 0.717) is 5.56 Å². The van der Waals surface area contributed by atoms with Crippen LogP contribution < -0.4 is 0 Å². The lowest BCUT2D eigenvalue weighted by molar-refractivity contribution is 0.0954. The predicted octanol–water partition coefficient (Wildman–Crippen LogP) is 4.84. The van der Waals surface area contributed by atoms with Gasteiger partial charge in [-0.15, -0.1) is 0 Å². The summed E-state index contributed by atoms with van der Waals surface area (Å²) in [6, 6.07) is 15.8. The first-order valence-electron chi connectivity index (χ1n) is 9.35. The Labute approximate surface area is 167 Å². The van der Waals surface area contributed by atoms with E-state index in [1.165, 1.54) is 36.0 Å². The lowest BCUT2D eigenvalue weighted by atomic mass is 10.1. The molecule has 1 aromatic heterocycles. The van der Waals surface area contributed by atoms with E-state index in [1.807, 2.05) is 24.4 Å². The maximum Gasteiger partial charge on any atom is 0.173 e. The predicted molar refractivity (Wildman–Crippen MR) is 108 cm³/mol. The molecule has 0 spiro atoms. The van der Waals surface area contributed by atoms with Gasteiger partial charge in [0, 0.05) is 12.2 Å². The molecule has 1 saturated heterocycles. The number of halogens is 1. The van der Waals surface area contributed by atoms with Crippen LogP contribution in [0.4, 0.5) is 4.39 Å². The van der Waals surface area contributed by atoms with E-state index in [1.54, 1.807) is 0 Å². The van der Waals surface area contributed by atoms with E-state index in [-0.39, 0.29) is 23.5 Å². The summed E-state index contributed by atoms with van der Waals surface area (Å²) < 4.78 is 21.0. The van der Waals surface area contributed by atoms with Gasteiger partial charge in [-0.2, -0.15) is 0 Å². The van der Waals surface area contributed by atoms with Crippen molar-refractivity contribution in [1.82, 2.24) is 9.55 Å². The molecule has 0 bridgehead atoms. The summed E-state index contributed by atoms with van der Waals surface area (Å²) >= 11 is 1.41. The van der Waals surface area contributed by atoms with E-state index in [0.717, 1.165) is 42.4 Å². The molecule has 4 nitrogen and oxygen atoms in total. The average molecular weight is 396 g/mol. The summed E-state index contributed by atoms with van der Waals surface area (Å²) in [5, 5.41) is 0.796. The first-order valence-corrected chi connectivity index (χ1v) is 10.3. The van der Waals surface area contributed by atoms with Gasteiger partial charge >= 0.3 is 0 Å². The van der Waals surface area contributed by atoms with Crippen molar-refractivity contribution in [3.63, 3.8) is 0 Å². The lowest BCUT2D eigenvalue weighted by Gasteiger charge is -2.16. The van der Waals surface area contributed by atoms with Crippen molar-refractivity contribution in [1.29, 1.82) is 0 Å². The summed E-state index contributed by atoms with van der Waals surface area (Å²) in [5.41, 5.74) is 2.62. The zero-order chi connectivity index (χ0) is 19.3. The highest BCUT2D eigenvalue weighted by molar-refractivity contribution is 7.99. The van der Waals surface area contributed by atoms with Crippen LogP contribution in [0.25, 0.3) is 11.3 Å². The number of aromatic nitrogens is 2. The minimum atomic E-state index is -0.344. The Kier molecular flexibility index (Phi) is 5.88. The number of thioether (sulfide) groups is 1. The van der Waals surface area contributed by atoms with Crippen LogP contribution in [0.3, 0.4) is 0 Å². The second-order valence-electron chi connectivity index (χ2n) is 6.76. The molecule has 1 aliphatic heterocycles. The molecule has 1 atom stereocenters. The monoisotopic (exact) mass is 396 g/mol. The number of rotatable bonds is 7. The Morgan fingerprint density at radius 3 is 2.68 bits per heavy atom. The number of carbonyl (C=O) groups is 1. The van der Waals surface area contributed by atoms with Crippen molar-refractivity contribution in [2.75, 3.05) is 12.4 Å². The molecule has 144 valence electrons. The second-order valence-corrected chi connectivity index (χ2v) is 7.70. The lowest BCUT2D eigenvalue weighted by Crippen LogP contribution is -2.17. The molecule has 1 fully saturated rings. The second kappa shape index (κ2) is 8.71. The highest BCUT2D eigenvalue weighted by Crippen LogP contribution is 2.28. The molecule has 2 aromatic carbocycles. The van der Waals surface area contributed by atoms with Gasteiger partial charge in [-0.1, -0.05) is 42.1 Å². The molecule has 1 unspecified atom stereocenters. The number of carbonyl (C=O) groups excluding carboxylic acids is 1. The summed E-state index contributed by atoms with van der Waals surface area (Å²) in [6.45, 7) is 1.52. The molecule has 4 rings (SSSR count). The molecular formula is C22H21FN2O2S. The van der Waals surface area contributed by atoms with Crippen LogP contribution in [0, 0.1) is 5.82 Å². The van der Waals surface area contributed by atoms with Crippen molar-refractivity contribution >= 4 is 17.5 Å². The molecule has 28 heavy (non-hydrogen) atoms. The first-order chi connectivity index (χ1) is 13.7. The Morgan fingerprint density at radius 1 is 1.18 bits per heavy atom. The van der Waals surface area contributed by atoms with Crippen LogP contribution in [0.1, 0.15) is 23.2 Å². The van der Waals surface area contributed by atoms with Crippen LogP contribution >= 0.6 is 11.8 Å². The van der Waals surface area contributed by atoms with E-state index >= 15 is 0 Å². The van der Waals surface area contributed by atoms with Crippen LogP contribution in [-0.4, -0.2) is 33.8 Å². The maximum absolute atomic E-state index is 13.1.